The second kappa shape index (κ2) is 5.49. The van der Waals surface area contributed by atoms with Crippen LogP contribution in [-0.4, -0.2) is 48.9 Å². The van der Waals surface area contributed by atoms with E-state index in [0.717, 1.165) is 4.90 Å². The second-order valence-electron chi connectivity index (χ2n) is 5.52. The van der Waals surface area contributed by atoms with Gasteiger partial charge in [0.1, 0.15) is 6.04 Å². The molecule has 23 heavy (non-hydrogen) atoms. The zero-order chi connectivity index (χ0) is 16.7. The van der Waals surface area contributed by atoms with Gasteiger partial charge in [-0.05, 0) is 18.6 Å². The van der Waals surface area contributed by atoms with E-state index >= 15 is 0 Å². The van der Waals surface area contributed by atoms with E-state index < -0.39 is 41.6 Å². The Labute approximate surface area is 132 Å². The number of rotatable bonds is 4. The molecule has 7 heteroatoms. The quantitative estimate of drug-likeness (QED) is 0.598. The first-order chi connectivity index (χ1) is 11.0. The standard InChI is InChI=1S/C16H15NO6/c1-22-15(20)11-7-10(11)12(16(21)23-2)17-13(18)8-5-3-4-6-9(8)14(17)19/h3-6,10-12H,7H2,1-2H3/t10-,11+,12-/m0/s1. The Morgan fingerprint density at radius 3 is 2.13 bits per heavy atom. The smallest absolute Gasteiger partial charge is 0.329 e. The maximum atomic E-state index is 12.5. The number of hydrogen-bond donors (Lipinski definition) is 0. The highest BCUT2D eigenvalue weighted by Crippen LogP contribution is 2.45. The molecule has 0 saturated heterocycles. The number of methoxy groups -OCH3 is 2. The summed E-state index contributed by atoms with van der Waals surface area (Å²) >= 11 is 0. The molecule has 3 rings (SSSR count). The van der Waals surface area contributed by atoms with Crippen LogP contribution < -0.4 is 0 Å². The third-order valence-corrected chi connectivity index (χ3v) is 4.30. The fraction of sp³-hybridized carbons (Fsp3) is 0.375. The Morgan fingerprint density at radius 1 is 1.09 bits per heavy atom. The van der Waals surface area contributed by atoms with Crippen LogP contribution in [0, 0.1) is 11.8 Å². The topological polar surface area (TPSA) is 90.0 Å². The second-order valence-corrected chi connectivity index (χ2v) is 5.52. The third kappa shape index (κ3) is 2.28. The van der Waals surface area contributed by atoms with Crippen LogP contribution in [0.2, 0.25) is 0 Å². The van der Waals surface area contributed by atoms with Crippen molar-refractivity contribution in [2.75, 3.05) is 14.2 Å². The van der Waals surface area contributed by atoms with Crippen molar-refractivity contribution in [2.24, 2.45) is 11.8 Å². The van der Waals surface area contributed by atoms with Gasteiger partial charge in [-0.3, -0.25) is 19.3 Å². The molecule has 1 aliphatic carbocycles. The molecule has 0 N–H and O–H groups in total. The molecule has 7 nitrogen and oxygen atoms in total. The molecule has 0 aromatic heterocycles. The predicted molar refractivity (Wildman–Crippen MR) is 76.4 cm³/mol. The van der Waals surface area contributed by atoms with Crippen LogP contribution >= 0.6 is 0 Å². The van der Waals surface area contributed by atoms with Gasteiger partial charge in [-0.15, -0.1) is 0 Å². The highest BCUT2D eigenvalue weighted by atomic mass is 16.5. The maximum Gasteiger partial charge on any atom is 0.329 e. The monoisotopic (exact) mass is 317 g/mol. The maximum absolute atomic E-state index is 12.5. The largest absolute Gasteiger partial charge is 0.469 e. The average Bonchev–Trinajstić information content (AvgIpc) is 3.32. The number of hydrogen-bond acceptors (Lipinski definition) is 6. The van der Waals surface area contributed by atoms with Gasteiger partial charge < -0.3 is 9.47 Å². The zero-order valence-corrected chi connectivity index (χ0v) is 12.6. The first kappa shape index (κ1) is 15.2. The van der Waals surface area contributed by atoms with Crippen molar-refractivity contribution in [3.05, 3.63) is 35.4 Å². The SMILES string of the molecule is COC(=O)[C@H]([C@H]1C[C@H]1C(=O)OC)N1C(=O)c2ccccc2C1=O. The molecule has 1 aliphatic heterocycles. The van der Waals surface area contributed by atoms with Crippen molar-refractivity contribution in [3.63, 3.8) is 0 Å². The number of ether oxygens (including phenoxy) is 2. The van der Waals surface area contributed by atoms with Crippen LogP contribution in [0.25, 0.3) is 0 Å². The summed E-state index contributed by atoms with van der Waals surface area (Å²) < 4.78 is 9.41. The fourth-order valence-corrected chi connectivity index (χ4v) is 3.04. The minimum absolute atomic E-state index is 0.252. The summed E-state index contributed by atoms with van der Waals surface area (Å²) in [5.41, 5.74) is 0.503. The van der Waals surface area contributed by atoms with Crippen LogP contribution in [0.15, 0.2) is 24.3 Å². The van der Waals surface area contributed by atoms with Crippen molar-refractivity contribution >= 4 is 23.8 Å². The molecular formula is C16H15NO6. The van der Waals surface area contributed by atoms with Crippen molar-refractivity contribution in [1.82, 2.24) is 4.90 Å². The van der Waals surface area contributed by atoms with Gasteiger partial charge in [0, 0.05) is 5.92 Å². The minimum atomic E-state index is -1.11. The Bertz CT molecular complexity index is 677. The van der Waals surface area contributed by atoms with E-state index in [1.54, 1.807) is 12.1 Å². The van der Waals surface area contributed by atoms with Gasteiger partial charge in [-0.2, -0.15) is 0 Å². The molecule has 120 valence electrons. The molecule has 0 spiro atoms. The van der Waals surface area contributed by atoms with Crippen molar-refractivity contribution < 1.29 is 28.7 Å². The Morgan fingerprint density at radius 2 is 1.65 bits per heavy atom. The first-order valence-electron chi connectivity index (χ1n) is 7.13. The number of carbonyl (C=O) groups excluding carboxylic acids is 4. The summed E-state index contributed by atoms with van der Waals surface area (Å²) in [6, 6.07) is 5.25. The number of esters is 2. The Balaban J connectivity index is 1.94. The molecule has 3 atom stereocenters. The summed E-state index contributed by atoms with van der Waals surface area (Å²) in [5, 5.41) is 0. The number of imide groups is 1. The summed E-state index contributed by atoms with van der Waals surface area (Å²) in [4.78, 5) is 49.8. The number of fused-ring (bicyclic) bond motifs is 1. The lowest BCUT2D eigenvalue weighted by Crippen LogP contribution is -2.47. The molecule has 1 heterocycles. The summed E-state index contributed by atoms with van der Waals surface area (Å²) in [5.74, 6) is -3.24. The van der Waals surface area contributed by atoms with Gasteiger partial charge in [0.2, 0.25) is 0 Å². The number of carbonyl (C=O) groups is 4. The van der Waals surface area contributed by atoms with Crippen molar-refractivity contribution in [1.29, 1.82) is 0 Å². The van der Waals surface area contributed by atoms with Gasteiger partial charge >= 0.3 is 11.9 Å². The lowest BCUT2D eigenvalue weighted by molar-refractivity contribution is -0.147. The van der Waals surface area contributed by atoms with E-state index in [0.29, 0.717) is 6.42 Å². The first-order valence-corrected chi connectivity index (χ1v) is 7.13. The van der Waals surface area contributed by atoms with Crippen LogP contribution in [0.3, 0.4) is 0 Å². The van der Waals surface area contributed by atoms with Gasteiger partial charge in [0.15, 0.2) is 0 Å². The van der Waals surface area contributed by atoms with E-state index in [1.807, 2.05) is 0 Å². The van der Waals surface area contributed by atoms with Gasteiger partial charge in [-0.25, -0.2) is 4.79 Å². The molecule has 0 bridgehead atoms. The number of benzene rings is 1. The van der Waals surface area contributed by atoms with E-state index in [9.17, 15) is 19.2 Å². The molecule has 1 fully saturated rings. The normalized spacial score (nSPS) is 23.3. The van der Waals surface area contributed by atoms with Crippen molar-refractivity contribution in [2.45, 2.75) is 12.5 Å². The highest BCUT2D eigenvalue weighted by molar-refractivity contribution is 6.22. The number of amides is 2. The van der Waals surface area contributed by atoms with E-state index in [4.69, 9.17) is 4.74 Å². The van der Waals surface area contributed by atoms with E-state index in [2.05, 4.69) is 4.74 Å². The Hall–Kier alpha value is -2.70. The third-order valence-electron chi connectivity index (χ3n) is 4.30. The van der Waals surface area contributed by atoms with E-state index in [1.165, 1.54) is 26.4 Å². The summed E-state index contributed by atoms with van der Waals surface area (Å²) in [6.07, 6.45) is 0.375. The van der Waals surface area contributed by atoms with Crippen LogP contribution in [0.5, 0.6) is 0 Å². The zero-order valence-electron chi connectivity index (χ0n) is 12.6. The molecule has 2 aliphatic rings. The molecule has 2 amide bonds. The van der Waals surface area contributed by atoms with Crippen LogP contribution in [0.1, 0.15) is 27.1 Å². The molecule has 0 unspecified atom stereocenters. The fourth-order valence-electron chi connectivity index (χ4n) is 3.04. The van der Waals surface area contributed by atoms with Crippen LogP contribution in [-0.2, 0) is 19.1 Å². The van der Waals surface area contributed by atoms with Crippen LogP contribution in [0.4, 0.5) is 0 Å². The van der Waals surface area contributed by atoms with Gasteiger partial charge in [0.05, 0.1) is 31.3 Å². The van der Waals surface area contributed by atoms with Gasteiger partial charge in [-0.1, -0.05) is 12.1 Å². The van der Waals surface area contributed by atoms with Gasteiger partial charge in [0.25, 0.3) is 11.8 Å². The molecule has 0 radical (unpaired) electrons. The highest BCUT2D eigenvalue weighted by Gasteiger charge is 2.57. The summed E-state index contributed by atoms with van der Waals surface area (Å²) in [7, 11) is 2.44. The average molecular weight is 317 g/mol. The molecule has 1 aromatic rings. The lowest BCUT2D eigenvalue weighted by atomic mass is 10.1. The Kier molecular flexibility index (Phi) is 3.63. The van der Waals surface area contributed by atoms with E-state index in [-0.39, 0.29) is 11.1 Å². The molecule has 1 aromatic carbocycles. The molecular weight excluding hydrogens is 302 g/mol. The minimum Gasteiger partial charge on any atom is -0.469 e. The molecule has 1 saturated carbocycles. The van der Waals surface area contributed by atoms with Crippen molar-refractivity contribution in [3.8, 4) is 0 Å². The lowest BCUT2D eigenvalue weighted by Gasteiger charge is -2.24. The number of nitrogens with zero attached hydrogens (tertiary/aromatic N) is 1. The summed E-state index contributed by atoms with van der Waals surface area (Å²) in [6.45, 7) is 0. The predicted octanol–water partition coefficient (Wildman–Crippen LogP) is 0.633.